The molecule has 1 fully saturated rings. The molecular weight excluding hydrogens is 462 g/mol. The molecule has 0 aliphatic carbocycles. The lowest BCUT2D eigenvalue weighted by Crippen LogP contribution is -2.44. The van der Waals surface area contributed by atoms with Crippen LogP contribution in [0.5, 0.6) is 0 Å². The molecule has 1 amide bonds. The molecule has 1 N–H and O–H groups in total. The number of hydrogen-bond donors (Lipinski definition) is 1. The smallest absolute Gasteiger partial charge is 0.351 e. The average molecular weight is 494 g/mol. The van der Waals surface area contributed by atoms with Gasteiger partial charge in [0.1, 0.15) is 24.2 Å². The number of benzene rings is 1. The van der Waals surface area contributed by atoms with Crippen molar-refractivity contribution in [2.75, 3.05) is 18.0 Å². The third-order valence-corrected chi connectivity index (χ3v) is 10.9. The number of anilines is 1. The third kappa shape index (κ3) is 6.30. The first-order valence-electron chi connectivity index (χ1n) is 10.9. The molecule has 0 radical (unpaired) electrons. The number of carbonyl (C=O) groups is 1. The Morgan fingerprint density at radius 1 is 1.27 bits per heavy atom. The Bertz CT molecular complexity index is 1010. The predicted octanol–water partition coefficient (Wildman–Crippen LogP) is 4.39. The van der Waals surface area contributed by atoms with Crippen LogP contribution in [0.1, 0.15) is 43.8 Å². The SMILES string of the molecule is CC(C)(C)[Si](C)(C)OC[C@H]1O[C@@H](n2ccc(NC(=O)c3ccccc3)nc2=O)C[C@H]1OCCl. The third-order valence-electron chi connectivity index (χ3n) is 6.29. The number of ether oxygens (including phenoxy) is 2. The van der Waals surface area contributed by atoms with Crippen molar-refractivity contribution < 1.29 is 18.7 Å². The first kappa shape index (κ1) is 25.6. The molecule has 3 atom stereocenters. The van der Waals surface area contributed by atoms with Gasteiger partial charge in [-0.2, -0.15) is 4.98 Å². The number of nitrogens with zero attached hydrogens (tertiary/aromatic N) is 2. The molecule has 2 aromatic rings. The van der Waals surface area contributed by atoms with Gasteiger partial charge in [-0.25, -0.2) is 4.79 Å². The number of hydrogen-bond acceptors (Lipinski definition) is 6. The molecule has 10 heteroatoms. The van der Waals surface area contributed by atoms with Gasteiger partial charge in [-0.05, 0) is 36.3 Å². The van der Waals surface area contributed by atoms with Gasteiger partial charge >= 0.3 is 5.69 Å². The van der Waals surface area contributed by atoms with E-state index in [2.05, 4.69) is 44.2 Å². The van der Waals surface area contributed by atoms with Crippen molar-refractivity contribution in [2.45, 2.75) is 63.8 Å². The van der Waals surface area contributed by atoms with E-state index >= 15 is 0 Å². The fraction of sp³-hybridized carbons (Fsp3) is 0.522. The summed E-state index contributed by atoms with van der Waals surface area (Å²) in [6, 6.07) is 10.3. The minimum atomic E-state index is -1.98. The van der Waals surface area contributed by atoms with Crippen molar-refractivity contribution in [3.8, 4) is 0 Å². The molecule has 1 aliphatic rings. The lowest BCUT2D eigenvalue weighted by molar-refractivity contribution is -0.0533. The molecule has 33 heavy (non-hydrogen) atoms. The summed E-state index contributed by atoms with van der Waals surface area (Å²) in [6.07, 6.45) is 0.782. The summed E-state index contributed by atoms with van der Waals surface area (Å²) in [5.41, 5.74) is -0.0466. The zero-order chi connectivity index (χ0) is 24.2. The summed E-state index contributed by atoms with van der Waals surface area (Å²) < 4.78 is 19.5. The second kappa shape index (κ2) is 10.5. The Balaban J connectivity index is 1.69. The molecule has 8 nitrogen and oxygen atoms in total. The Labute approximate surface area is 200 Å². The van der Waals surface area contributed by atoms with E-state index in [1.54, 1.807) is 36.5 Å². The van der Waals surface area contributed by atoms with Crippen LogP contribution in [0.3, 0.4) is 0 Å². The lowest BCUT2D eigenvalue weighted by Gasteiger charge is -2.37. The number of aromatic nitrogens is 2. The number of carbonyl (C=O) groups excluding carboxylic acids is 1. The monoisotopic (exact) mass is 493 g/mol. The van der Waals surface area contributed by atoms with E-state index in [0.29, 0.717) is 18.6 Å². The summed E-state index contributed by atoms with van der Waals surface area (Å²) >= 11 is 5.82. The molecule has 2 heterocycles. The first-order chi connectivity index (χ1) is 15.5. The summed E-state index contributed by atoms with van der Waals surface area (Å²) in [5, 5.41) is 2.71. The van der Waals surface area contributed by atoms with Crippen molar-refractivity contribution in [3.05, 3.63) is 58.6 Å². The molecular formula is C23H32ClN3O5Si. The number of rotatable bonds is 8. The molecule has 3 rings (SSSR count). The maximum atomic E-state index is 12.7. The highest BCUT2D eigenvalue weighted by atomic mass is 35.5. The summed E-state index contributed by atoms with van der Waals surface area (Å²) in [6.45, 7) is 11.2. The number of halogens is 1. The molecule has 0 spiro atoms. The van der Waals surface area contributed by atoms with Crippen LogP contribution in [0.25, 0.3) is 0 Å². The van der Waals surface area contributed by atoms with Crippen molar-refractivity contribution in [2.24, 2.45) is 0 Å². The summed E-state index contributed by atoms with van der Waals surface area (Å²) in [5.74, 6) is -0.162. The summed E-state index contributed by atoms with van der Waals surface area (Å²) in [4.78, 5) is 29.0. The molecule has 0 bridgehead atoms. The van der Waals surface area contributed by atoms with Crippen LogP contribution in [-0.4, -0.2) is 48.7 Å². The van der Waals surface area contributed by atoms with Gasteiger partial charge in [0.05, 0.1) is 12.7 Å². The van der Waals surface area contributed by atoms with Crippen molar-refractivity contribution in [1.29, 1.82) is 0 Å². The Hall–Kier alpha value is -2.04. The van der Waals surface area contributed by atoms with E-state index < -0.39 is 20.2 Å². The van der Waals surface area contributed by atoms with Gasteiger partial charge in [-0.1, -0.05) is 50.6 Å². The average Bonchev–Trinajstić information content (AvgIpc) is 3.15. The van der Waals surface area contributed by atoms with Gasteiger partial charge < -0.3 is 19.2 Å². The van der Waals surface area contributed by atoms with Crippen LogP contribution < -0.4 is 11.0 Å². The predicted molar refractivity (Wildman–Crippen MR) is 130 cm³/mol. The highest BCUT2D eigenvalue weighted by molar-refractivity contribution is 6.74. The highest BCUT2D eigenvalue weighted by Crippen LogP contribution is 2.38. The van der Waals surface area contributed by atoms with Crippen LogP contribution in [0.15, 0.2) is 47.4 Å². The molecule has 0 unspecified atom stereocenters. The van der Waals surface area contributed by atoms with Gasteiger partial charge in [-0.3, -0.25) is 9.36 Å². The fourth-order valence-corrected chi connectivity index (χ4v) is 4.44. The van der Waals surface area contributed by atoms with Gasteiger partial charge in [-0.15, -0.1) is 0 Å². The van der Waals surface area contributed by atoms with E-state index in [9.17, 15) is 9.59 Å². The van der Waals surface area contributed by atoms with E-state index in [4.69, 9.17) is 25.5 Å². The second-order valence-corrected chi connectivity index (χ2v) is 14.6. The van der Waals surface area contributed by atoms with E-state index in [-0.39, 0.29) is 35.0 Å². The Kier molecular flexibility index (Phi) is 8.12. The zero-order valence-corrected chi connectivity index (χ0v) is 21.5. The minimum absolute atomic E-state index is 0.0228. The maximum Gasteiger partial charge on any atom is 0.351 e. The molecule has 180 valence electrons. The van der Waals surface area contributed by atoms with Crippen LogP contribution in [-0.2, 0) is 13.9 Å². The van der Waals surface area contributed by atoms with Crippen LogP contribution in [0, 0.1) is 0 Å². The number of nitrogens with one attached hydrogen (secondary N) is 1. The van der Waals surface area contributed by atoms with Crippen LogP contribution >= 0.6 is 11.6 Å². The Morgan fingerprint density at radius 3 is 2.58 bits per heavy atom. The molecule has 1 saturated heterocycles. The molecule has 0 saturated carbocycles. The van der Waals surface area contributed by atoms with Crippen molar-refractivity contribution >= 4 is 31.6 Å². The summed E-state index contributed by atoms with van der Waals surface area (Å²) in [7, 11) is -1.98. The number of amides is 1. The topological polar surface area (TPSA) is 91.7 Å². The standard InChI is InChI=1S/C23H32ClN3O5Si/c1-23(2,3)33(4,5)31-14-18-17(30-15-24)13-20(32-18)27-12-11-19(26-22(27)29)25-21(28)16-9-7-6-8-10-16/h6-12,17-18,20H,13-15H2,1-5H3,(H,25,26,28,29)/t17-,18-,20-/m1/s1. The van der Waals surface area contributed by atoms with Gasteiger partial charge in [0.15, 0.2) is 8.32 Å². The first-order valence-corrected chi connectivity index (χ1v) is 14.4. The lowest BCUT2D eigenvalue weighted by atomic mass is 10.2. The van der Waals surface area contributed by atoms with Crippen molar-refractivity contribution in [3.63, 3.8) is 0 Å². The van der Waals surface area contributed by atoms with Crippen LogP contribution in [0.2, 0.25) is 18.1 Å². The quantitative estimate of drug-likeness (QED) is 0.433. The van der Waals surface area contributed by atoms with Gasteiger partial charge in [0.25, 0.3) is 5.91 Å². The number of alkyl halides is 1. The van der Waals surface area contributed by atoms with E-state index in [1.165, 1.54) is 4.57 Å². The van der Waals surface area contributed by atoms with E-state index in [1.807, 2.05) is 6.07 Å². The van der Waals surface area contributed by atoms with E-state index in [0.717, 1.165) is 0 Å². The Morgan fingerprint density at radius 2 is 1.97 bits per heavy atom. The largest absolute Gasteiger partial charge is 0.414 e. The zero-order valence-electron chi connectivity index (χ0n) is 19.7. The maximum absolute atomic E-state index is 12.7. The van der Waals surface area contributed by atoms with Crippen molar-refractivity contribution in [1.82, 2.24) is 9.55 Å². The normalized spacial score (nSPS) is 21.2. The van der Waals surface area contributed by atoms with Crippen LogP contribution in [0.4, 0.5) is 5.82 Å². The van der Waals surface area contributed by atoms with Gasteiger partial charge in [0.2, 0.25) is 0 Å². The van der Waals surface area contributed by atoms with Gasteiger partial charge in [0, 0.05) is 18.2 Å². The molecule has 1 aromatic heterocycles. The molecule has 1 aromatic carbocycles. The minimum Gasteiger partial charge on any atom is -0.414 e. The fourth-order valence-electron chi connectivity index (χ4n) is 3.26. The molecule has 1 aliphatic heterocycles. The highest BCUT2D eigenvalue weighted by Gasteiger charge is 2.42. The second-order valence-electron chi connectivity index (χ2n) is 9.57.